The van der Waals surface area contributed by atoms with Crippen LogP contribution in [0, 0.1) is 0 Å². The van der Waals surface area contributed by atoms with Crippen LogP contribution >= 0.6 is 11.6 Å². The minimum absolute atomic E-state index is 0.215. The van der Waals surface area contributed by atoms with Gasteiger partial charge in [-0.25, -0.2) is 4.79 Å². The van der Waals surface area contributed by atoms with Gasteiger partial charge in [-0.15, -0.1) is 5.10 Å². The van der Waals surface area contributed by atoms with Gasteiger partial charge < -0.3 is 24.8 Å². The Morgan fingerprint density at radius 1 is 1.35 bits per heavy atom. The number of carboxylic acid groups (broad SMARTS) is 1. The van der Waals surface area contributed by atoms with Gasteiger partial charge in [0.2, 0.25) is 5.89 Å². The molecule has 2 atom stereocenters. The molecular formula is C14H15ClN4O4. The highest BCUT2D eigenvalue weighted by Crippen LogP contribution is 2.25. The summed E-state index contributed by atoms with van der Waals surface area (Å²) < 4.78 is 5.63. The minimum atomic E-state index is -1.15. The van der Waals surface area contributed by atoms with Crippen molar-refractivity contribution in [3.63, 3.8) is 0 Å². The molecule has 23 heavy (non-hydrogen) atoms. The maximum absolute atomic E-state index is 10.7. The second-order valence-corrected chi connectivity index (χ2v) is 5.69. The number of anilines is 1. The molecule has 2 heterocycles. The minimum Gasteiger partial charge on any atom is -0.465 e. The predicted octanol–water partition coefficient (Wildman–Crippen LogP) is 1.60. The largest absolute Gasteiger partial charge is 0.465 e. The van der Waals surface area contributed by atoms with E-state index in [-0.39, 0.29) is 6.54 Å². The van der Waals surface area contributed by atoms with Crippen LogP contribution in [-0.4, -0.2) is 51.7 Å². The number of nitrogens with one attached hydrogen (secondary N) is 1. The summed E-state index contributed by atoms with van der Waals surface area (Å²) in [5, 5.41) is 29.7. The number of aliphatic hydroxyl groups is 1. The van der Waals surface area contributed by atoms with Crippen molar-refractivity contribution in [2.75, 3.05) is 18.0 Å². The first kappa shape index (κ1) is 15.6. The third kappa shape index (κ3) is 3.54. The Morgan fingerprint density at radius 3 is 2.74 bits per heavy atom. The molecule has 2 unspecified atom stereocenters. The molecule has 0 bridgehead atoms. The lowest BCUT2D eigenvalue weighted by Crippen LogP contribution is -2.54. The molecule has 1 aromatic carbocycles. The number of halogens is 1. The van der Waals surface area contributed by atoms with E-state index in [4.69, 9.17) is 21.1 Å². The summed E-state index contributed by atoms with van der Waals surface area (Å²) in [4.78, 5) is 12.4. The Labute approximate surface area is 136 Å². The van der Waals surface area contributed by atoms with Gasteiger partial charge in [-0.05, 0) is 30.7 Å². The second kappa shape index (κ2) is 6.43. The molecule has 3 N–H and O–H groups in total. The zero-order valence-electron chi connectivity index (χ0n) is 12.0. The Morgan fingerprint density at radius 2 is 2.09 bits per heavy atom. The van der Waals surface area contributed by atoms with Crippen LogP contribution in [0.4, 0.5) is 10.8 Å². The predicted molar refractivity (Wildman–Crippen MR) is 82.5 cm³/mol. The highest BCUT2D eigenvalue weighted by molar-refractivity contribution is 6.30. The summed E-state index contributed by atoms with van der Waals surface area (Å²) in [6.45, 7) is 0.720. The molecule has 2 aromatic rings. The van der Waals surface area contributed by atoms with E-state index in [1.807, 2.05) is 0 Å². The molecule has 0 aliphatic carbocycles. The quantitative estimate of drug-likeness (QED) is 0.779. The lowest BCUT2D eigenvalue weighted by atomic mass is 10.0. The fourth-order valence-corrected chi connectivity index (χ4v) is 2.61. The number of amides is 1. The van der Waals surface area contributed by atoms with Gasteiger partial charge in [0.15, 0.2) is 0 Å². The molecule has 0 saturated carbocycles. The van der Waals surface area contributed by atoms with Crippen LogP contribution in [0.25, 0.3) is 11.5 Å². The molecule has 8 nitrogen and oxygen atoms in total. The SMILES string of the molecule is O=C(O)NC1CCN(c2nnc(-c3ccc(Cl)cc3)o2)CC1O. The fourth-order valence-electron chi connectivity index (χ4n) is 2.48. The van der Waals surface area contributed by atoms with Crippen molar-refractivity contribution in [3.8, 4) is 11.5 Å². The Bertz CT molecular complexity index is 690. The van der Waals surface area contributed by atoms with Gasteiger partial charge in [0, 0.05) is 17.1 Å². The lowest BCUT2D eigenvalue weighted by Gasteiger charge is -2.34. The van der Waals surface area contributed by atoms with Crippen molar-refractivity contribution in [3.05, 3.63) is 29.3 Å². The number of aromatic nitrogens is 2. The van der Waals surface area contributed by atoms with Gasteiger partial charge in [0.25, 0.3) is 0 Å². The van der Waals surface area contributed by atoms with Gasteiger partial charge >= 0.3 is 12.1 Å². The van der Waals surface area contributed by atoms with E-state index in [2.05, 4.69) is 15.5 Å². The molecule has 1 aromatic heterocycles. The molecule has 0 radical (unpaired) electrons. The van der Waals surface area contributed by atoms with Gasteiger partial charge in [-0.2, -0.15) is 0 Å². The van der Waals surface area contributed by atoms with Crippen molar-refractivity contribution in [1.29, 1.82) is 0 Å². The number of benzene rings is 1. The van der Waals surface area contributed by atoms with Crippen molar-refractivity contribution < 1.29 is 19.4 Å². The van der Waals surface area contributed by atoms with Gasteiger partial charge in [-0.1, -0.05) is 16.7 Å². The van der Waals surface area contributed by atoms with Crippen LogP contribution in [0.3, 0.4) is 0 Å². The molecule has 9 heteroatoms. The zero-order chi connectivity index (χ0) is 16.4. The van der Waals surface area contributed by atoms with Gasteiger partial charge in [-0.3, -0.25) is 0 Å². The highest BCUT2D eigenvalue weighted by atomic mass is 35.5. The van der Waals surface area contributed by atoms with Crippen LogP contribution in [0.15, 0.2) is 28.7 Å². The van der Waals surface area contributed by atoms with Crippen molar-refractivity contribution in [1.82, 2.24) is 15.5 Å². The smallest absolute Gasteiger partial charge is 0.404 e. The lowest BCUT2D eigenvalue weighted by molar-refractivity contribution is 0.106. The number of nitrogens with zero attached hydrogens (tertiary/aromatic N) is 3. The number of rotatable bonds is 3. The average Bonchev–Trinajstić information content (AvgIpc) is 2.99. The average molecular weight is 339 g/mol. The molecule has 0 spiro atoms. The summed E-state index contributed by atoms with van der Waals surface area (Å²) in [7, 11) is 0. The van der Waals surface area contributed by atoms with E-state index in [0.29, 0.717) is 29.9 Å². The first-order valence-electron chi connectivity index (χ1n) is 7.05. The van der Waals surface area contributed by atoms with E-state index >= 15 is 0 Å². The zero-order valence-corrected chi connectivity index (χ0v) is 12.8. The second-order valence-electron chi connectivity index (χ2n) is 5.25. The van der Waals surface area contributed by atoms with E-state index in [1.54, 1.807) is 29.2 Å². The Hall–Kier alpha value is -2.32. The topological polar surface area (TPSA) is 112 Å². The number of hydrogen-bond acceptors (Lipinski definition) is 6. The number of carbonyl (C=O) groups is 1. The maximum atomic E-state index is 10.7. The summed E-state index contributed by atoms with van der Waals surface area (Å²) >= 11 is 5.84. The van der Waals surface area contributed by atoms with Crippen molar-refractivity contribution in [2.24, 2.45) is 0 Å². The maximum Gasteiger partial charge on any atom is 0.404 e. The molecule has 3 rings (SSSR count). The molecule has 1 amide bonds. The van der Waals surface area contributed by atoms with Crippen LogP contribution in [-0.2, 0) is 0 Å². The molecule has 1 fully saturated rings. The first-order valence-corrected chi connectivity index (χ1v) is 7.42. The Kier molecular flexibility index (Phi) is 4.35. The Balaban J connectivity index is 1.69. The first-order chi connectivity index (χ1) is 11.0. The third-order valence-electron chi connectivity index (χ3n) is 3.67. The molecular weight excluding hydrogens is 324 g/mol. The number of β-amino-alcohol motifs (C(OH)–C–C–N with tert-alkyl or cyclic N) is 1. The molecule has 1 saturated heterocycles. The van der Waals surface area contributed by atoms with Gasteiger partial charge in [0.05, 0.1) is 18.7 Å². The third-order valence-corrected chi connectivity index (χ3v) is 3.92. The number of piperidine rings is 1. The van der Waals surface area contributed by atoms with E-state index in [0.717, 1.165) is 5.56 Å². The van der Waals surface area contributed by atoms with Crippen LogP contribution in [0.1, 0.15) is 6.42 Å². The van der Waals surface area contributed by atoms with E-state index in [1.165, 1.54) is 0 Å². The number of hydrogen-bond donors (Lipinski definition) is 3. The molecule has 1 aliphatic rings. The van der Waals surface area contributed by atoms with E-state index < -0.39 is 18.2 Å². The van der Waals surface area contributed by atoms with Crippen molar-refractivity contribution in [2.45, 2.75) is 18.6 Å². The molecule has 1 aliphatic heterocycles. The summed E-state index contributed by atoms with van der Waals surface area (Å²) in [5.74, 6) is 0.358. The van der Waals surface area contributed by atoms with Crippen LogP contribution < -0.4 is 10.2 Å². The summed E-state index contributed by atoms with van der Waals surface area (Å²) in [6, 6.07) is 6.81. The summed E-state index contributed by atoms with van der Waals surface area (Å²) in [6.07, 6.45) is -1.54. The van der Waals surface area contributed by atoms with Crippen LogP contribution in [0.2, 0.25) is 5.02 Å². The standard InChI is InChI=1S/C14H15ClN4O4/c15-9-3-1-8(2-4-9)12-17-18-13(23-12)19-6-5-10(11(20)7-19)16-14(21)22/h1-4,10-11,16,20H,5-7H2,(H,21,22). The summed E-state index contributed by atoms with van der Waals surface area (Å²) in [5.41, 5.74) is 0.746. The van der Waals surface area contributed by atoms with E-state index in [9.17, 15) is 9.90 Å². The monoisotopic (exact) mass is 338 g/mol. The highest BCUT2D eigenvalue weighted by Gasteiger charge is 2.31. The van der Waals surface area contributed by atoms with Gasteiger partial charge in [0.1, 0.15) is 0 Å². The van der Waals surface area contributed by atoms with Crippen molar-refractivity contribution >= 4 is 23.7 Å². The molecule has 122 valence electrons. The fraction of sp³-hybridized carbons (Fsp3) is 0.357. The normalized spacial score (nSPS) is 21.2. The van der Waals surface area contributed by atoms with Crippen LogP contribution in [0.5, 0.6) is 0 Å². The number of aliphatic hydroxyl groups excluding tert-OH is 1.